The fraction of sp³-hybridized carbons (Fsp3) is 0.500. The molecule has 3 fully saturated rings. The summed E-state index contributed by atoms with van der Waals surface area (Å²) in [6.45, 7) is 3.42. The van der Waals surface area contributed by atoms with Gasteiger partial charge in [-0.2, -0.15) is 0 Å². The van der Waals surface area contributed by atoms with Gasteiger partial charge >= 0.3 is 11.9 Å². The Labute approximate surface area is 159 Å². The van der Waals surface area contributed by atoms with Crippen LogP contribution in [0.1, 0.15) is 22.5 Å². The van der Waals surface area contributed by atoms with Gasteiger partial charge < -0.3 is 20.4 Å². The summed E-state index contributed by atoms with van der Waals surface area (Å²) < 4.78 is 0.953. The molecule has 0 radical (unpaired) electrons. The Balaban J connectivity index is 0.000000260. The second kappa shape index (κ2) is 9.70. The molecule has 0 aliphatic carbocycles. The van der Waals surface area contributed by atoms with Crippen molar-refractivity contribution >= 4 is 40.9 Å². The first kappa shape index (κ1) is 20.4. The van der Waals surface area contributed by atoms with Crippen molar-refractivity contribution in [3.63, 3.8) is 0 Å². The third-order valence-corrected chi connectivity index (χ3v) is 6.22. The number of nitrogens with zero attached hydrogens (tertiary/aromatic N) is 2. The van der Waals surface area contributed by atoms with Gasteiger partial charge in [0.15, 0.2) is 0 Å². The van der Waals surface area contributed by atoms with Crippen LogP contribution in [0.2, 0.25) is 0 Å². The summed E-state index contributed by atoms with van der Waals surface area (Å²) in [5.41, 5.74) is 0. The van der Waals surface area contributed by atoms with Crippen molar-refractivity contribution in [2.24, 2.45) is 5.92 Å². The molecular weight excluding hydrogens is 378 g/mol. The molecule has 0 unspecified atom stereocenters. The van der Waals surface area contributed by atoms with Crippen LogP contribution in [-0.4, -0.2) is 69.9 Å². The molecule has 4 rings (SSSR count). The summed E-state index contributed by atoms with van der Waals surface area (Å²) in [6.07, 6.45) is 7.24. The van der Waals surface area contributed by atoms with Crippen molar-refractivity contribution in [1.29, 1.82) is 0 Å². The molecule has 1 amide bonds. The van der Waals surface area contributed by atoms with E-state index in [9.17, 15) is 14.4 Å². The first-order valence-corrected chi connectivity index (χ1v) is 10.1. The zero-order chi connectivity index (χ0) is 19.1. The van der Waals surface area contributed by atoms with Gasteiger partial charge in [-0.15, -0.1) is 11.3 Å². The van der Waals surface area contributed by atoms with Crippen LogP contribution in [0, 0.1) is 5.92 Å². The third kappa shape index (κ3) is 6.11. The highest BCUT2D eigenvalue weighted by Gasteiger charge is 2.35. The maximum absolute atomic E-state index is 12.2. The largest absolute Gasteiger partial charge is 0.478 e. The molecule has 26 heavy (non-hydrogen) atoms. The predicted octanol–water partition coefficient (Wildman–Crippen LogP) is 1.40. The summed E-state index contributed by atoms with van der Waals surface area (Å²) in [5, 5.41) is 18.8. The number of thioether (sulfide) groups is 1. The number of carbonyl (C=O) groups excluding carboxylic acids is 1. The van der Waals surface area contributed by atoms with E-state index in [0.29, 0.717) is 24.1 Å². The zero-order valence-electron chi connectivity index (χ0n) is 14.3. The van der Waals surface area contributed by atoms with Crippen molar-refractivity contribution in [2.45, 2.75) is 23.2 Å². The van der Waals surface area contributed by atoms with Crippen LogP contribution in [-0.2, 0) is 9.59 Å². The number of aromatic nitrogens is 1. The van der Waals surface area contributed by atoms with E-state index in [2.05, 4.69) is 15.2 Å². The molecule has 3 aliphatic rings. The van der Waals surface area contributed by atoms with E-state index in [-0.39, 0.29) is 5.91 Å². The lowest BCUT2D eigenvalue weighted by Gasteiger charge is -2.44. The van der Waals surface area contributed by atoms with Gasteiger partial charge in [-0.3, -0.25) is 4.79 Å². The molecule has 1 atom stereocenters. The highest BCUT2D eigenvalue weighted by molar-refractivity contribution is 8.00. The number of hydrogen-bond acceptors (Lipinski definition) is 7. The van der Waals surface area contributed by atoms with Crippen molar-refractivity contribution in [2.75, 3.05) is 25.9 Å². The van der Waals surface area contributed by atoms with Crippen LogP contribution in [0.25, 0.3) is 0 Å². The monoisotopic (exact) mass is 399 g/mol. The van der Waals surface area contributed by atoms with Crippen LogP contribution < -0.4 is 5.32 Å². The predicted molar refractivity (Wildman–Crippen MR) is 98.7 cm³/mol. The Hall–Kier alpha value is -1.91. The Morgan fingerprint density at radius 2 is 1.88 bits per heavy atom. The molecule has 3 aliphatic heterocycles. The minimum absolute atomic E-state index is 0.0477. The van der Waals surface area contributed by atoms with Crippen molar-refractivity contribution in [3.05, 3.63) is 23.2 Å². The molecule has 142 valence electrons. The van der Waals surface area contributed by atoms with Gasteiger partial charge in [0.1, 0.15) is 9.22 Å². The van der Waals surface area contributed by atoms with Crippen LogP contribution in [0.5, 0.6) is 0 Å². The number of fused-ring (bicyclic) bond motifs is 3. The molecule has 3 saturated heterocycles. The number of carbonyl (C=O) groups is 3. The highest BCUT2D eigenvalue weighted by Crippen LogP contribution is 2.28. The molecule has 8 nitrogen and oxygen atoms in total. The number of carboxylic acids is 2. The summed E-state index contributed by atoms with van der Waals surface area (Å²) in [7, 11) is 0. The lowest BCUT2D eigenvalue weighted by molar-refractivity contribution is -0.134. The van der Waals surface area contributed by atoms with Gasteiger partial charge in [-0.1, -0.05) is 11.8 Å². The van der Waals surface area contributed by atoms with Crippen molar-refractivity contribution < 1.29 is 24.6 Å². The summed E-state index contributed by atoms with van der Waals surface area (Å²) >= 11 is 3.06. The molecule has 3 N–H and O–H groups in total. The minimum Gasteiger partial charge on any atom is -0.478 e. The zero-order valence-corrected chi connectivity index (χ0v) is 15.9. The minimum atomic E-state index is -1.26. The van der Waals surface area contributed by atoms with Crippen LogP contribution in [0.4, 0.5) is 0 Å². The van der Waals surface area contributed by atoms with Crippen LogP contribution >= 0.6 is 23.1 Å². The average molecular weight is 399 g/mol. The number of piperidine rings is 3. The number of aliphatic carboxylic acids is 2. The number of nitrogens with one attached hydrogen (secondary N) is 1. The lowest BCUT2D eigenvalue weighted by Crippen LogP contribution is -2.57. The van der Waals surface area contributed by atoms with Crippen LogP contribution in [0.15, 0.2) is 22.7 Å². The van der Waals surface area contributed by atoms with E-state index >= 15 is 0 Å². The second-order valence-electron chi connectivity index (χ2n) is 5.92. The SMILES string of the molecule is CSc1ncc(C(=O)N[C@H]2CN3CCC2CC3)s1.O=C(O)C=CC(=O)O. The van der Waals surface area contributed by atoms with E-state index in [1.807, 2.05) is 6.26 Å². The van der Waals surface area contributed by atoms with Gasteiger partial charge in [0.25, 0.3) is 5.91 Å². The first-order valence-electron chi connectivity index (χ1n) is 8.06. The van der Waals surface area contributed by atoms with Gasteiger partial charge in [0.2, 0.25) is 0 Å². The summed E-state index contributed by atoms with van der Waals surface area (Å²) in [4.78, 5) is 38.6. The second-order valence-corrected chi connectivity index (χ2v) is 8.01. The number of hydrogen-bond donors (Lipinski definition) is 3. The fourth-order valence-electron chi connectivity index (χ4n) is 2.97. The van der Waals surface area contributed by atoms with Gasteiger partial charge in [-0.05, 0) is 38.1 Å². The average Bonchev–Trinajstić information content (AvgIpc) is 3.11. The Morgan fingerprint density at radius 3 is 2.31 bits per heavy atom. The van der Waals surface area contributed by atoms with E-state index in [4.69, 9.17) is 10.2 Å². The topological polar surface area (TPSA) is 120 Å². The van der Waals surface area contributed by atoms with E-state index in [1.54, 1.807) is 18.0 Å². The smallest absolute Gasteiger partial charge is 0.328 e. The first-order chi connectivity index (χ1) is 12.4. The number of carboxylic acid groups (broad SMARTS) is 2. The number of amides is 1. The molecule has 0 spiro atoms. The van der Waals surface area contributed by atoms with E-state index < -0.39 is 11.9 Å². The number of rotatable bonds is 5. The maximum Gasteiger partial charge on any atom is 0.328 e. The highest BCUT2D eigenvalue weighted by atomic mass is 32.2. The molecule has 0 aromatic carbocycles. The molecule has 0 saturated carbocycles. The number of thiazole rings is 1. The molecule has 4 heterocycles. The fourth-order valence-corrected chi connectivity index (χ4v) is 4.28. The molecule has 1 aromatic heterocycles. The van der Waals surface area contributed by atoms with E-state index in [1.165, 1.54) is 37.3 Å². The summed E-state index contributed by atoms with van der Waals surface area (Å²) in [6, 6.07) is 0.333. The van der Waals surface area contributed by atoms with Gasteiger partial charge in [-0.25, -0.2) is 14.6 Å². The Kier molecular flexibility index (Phi) is 7.61. The van der Waals surface area contributed by atoms with E-state index in [0.717, 1.165) is 15.8 Å². The molecule has 2 bridgehead atoms. The van der Waals surface area contributed by atoms with Crippen LogP contribution in [0.3, 0.4) is 0 Å². The van der Waals surface area contributed by atoms with Gasteiger partial charge in [0.05, 0.1) is 6.20 Å². The quantitative estimate of drug-likeness (QED) is 0.502. The molecular formula is C16H21N3O5S2. The van der Waals surface area contributed by atoms with Crippen molar-refractivity contribution in [3.8, 4) is 0 Å². The molecule has 10 heteroatoms. The molecule has 1 aromatic rings. The Morgan fingerprint density at radius 1 is 1.27 bits per heavy atom. The lowest BCUT2D eigenvalue weighted by atomic mass is 9.84. The standard InChI is InChI=1S/C12H17N3OS2.C4H4O4/c1-17-12-13-6-10(18-12)11(16)14-9-7-15-4-2-8(9)3-5-15;5-3(6)1-2-4(7)8/h6,8-9H,2-5,7H2,1H3,(H,14,16);1-2H,(H,5,6)(H,7,8)/t9-;/m0./s1. The maximum atomic E-state index is 12.2. The summed E-state index contributed by atoms with van der Waals surface area (Å²) in [5.74, 6) is -1.79. The normalized spacial score (nSPS) is 24.0. The van der Waals surface area contributed by atoms with Crippen molar-refractivity contribution in [1.82, 2.24) is 15.2 Å². The third-order valence-electron chi connectivity index (χ3n) is 4.22. The van der Waals surface area contributed by atoms with Gasteiger partial charge in [0, 0.05) is 24.7 Å². The Bertz CT molecular complexity index is 667.